The number of hydrogen-bond acceptors (Lipinski definition) is 4. The van der Waals surface area contributed by atoms with E-state index in [2.05, 4.69) is 38.1 Å². The molecular formula is C30H36O4. The molecule has 4 heteroatoms. The molecule has 34 heavy (non-hydrogen) atoms. The van der Waals surface area contributed by atoms with Crippen molar-refractivity contribution >= 4 is 5.97 Å². The molecule has 2 unspecified atom stereocenters. The number of ether oxygens (including phenoxy) is 3. The number of hydrogen-bond donors (Lipinski definition) is 0. The maximum Gasteiger partial charge on any atom is 0.343 e. The van der Waals surface area contributed by atoms with Crippen LogP contribution in [0.25, 0.3) is 11.1 Å². The molecule has 0 bridgehead atoms. The van der Waals surface area contributed by atoms with Crippen LogP contribution in [-0.2, 0) is 4.74 Å². The Hall–Kier alpha value is -3.11. The van der Waals surface area contributed by atoms with E-state index in [9.17, 15) is 4.79 Å². The summed E-state index contributed by atoms with van der Waals surface area (Å²) in [5.74, 6) is 0.678. The highest BCUT2D eigenvalue weighted by molar-refractivity contribution is 5.92. The minimum atomic E-state index is -0.396. The summed E-state index contributed by atoms with van der Waals surface area (Å²) in [5, 5.41) is 0. The number of carbonyl (C=O) groups is 1. The van der Waals surface area contributed by atoms with Crippen molar-refractivity contribution in [3.05, 3.63) is 83.9 Å². The van der Waals surface area contributed by atoms with Gasteiger partial charge in [0.2, 0.25) is 0 Å². The smallest absolute Gasteiger partial charge is 0.343 e. The first-order valence-electron chi connectivity index (χ1n) is 12.3. The molecule has 0 amide bonds. The van der Waals surface area contributed by atoms with Crippen molar-refractivity contribution in [3.8, 4) is 22.6 Å². The van der Waals surface area contributed by atoms with Crippen molar-refractivity contribution in [1.82, 2.24) is 0 Å². The zero-order valence-corrected chi connectivity index (χ0v) is 20.8. The Kier molecular flexibility index (Phi) is 9.72. The van der Waals surface area contributed by atoms with E-state index in [0.29, 0.717) is 17.1 Å². The molecule has 0 aliphatic heterocycles. The number of methoxy groups -OCH3 is 1. The Morgan fingerprint density at radius 3 is 2.00 bits per heavy atom. The van der Waals surface area contributed by atoms with E-state index >= 15 is 0 Å². The topological polar surface area (TPSA) is 44.8 Å². The Morgan fingerprint density at radius 1 is 0.794 bits per heavy atom. The number of esters is 1. The summed E-state index contributed by atoms with van der Waals surface area (Å²) >= 11 is 0. The molecule has 0 heterocycles. The van der Waals surface area contributed by atoms with E-state index in [1.165, 1.54) is 0 Å². The van der Waals surface area contributed by atoms with Crippen LogP contribution in [0, 0.1) is 0 Å². The predicted molar refractivity (Wildman–Crippen MR) is 138 cm³/mol. The van der Waals surface area contributed by atoms with Crippen molar-refractivity contribution < 1.29 is 19.0 Å². The maximum atomic E-state index is 12.9. The zero-order valence-electron chi connectivity index (χ0n) is 20.8. The van der Waals surface area contributed by atoms with Gasteiger partial charge in [0, 0.05) is 7.11 Å². The second kappa shape index (κ2) is 13.0. The van der Waals surface area contributed by atoms with E-state index in [1.54, 1.807) is 25.3 Å². The van der Waals surface area contributed by atoms with Crippen LogP contribution in [0.3, 0.4) is 0 Å². The number of unbranched alkanes of at least 4 members (excludes halogenated alkanes) is 1. The van der Waals surface area contributed by atoms with Gasteiger partial charge in [-0.05, 0) is 60.7 Å². The number of carbonyl (C=O) groups excluding carboxylic acids is 1. The van der Waals surface area contributed by atoms with Crippen LogP contribution < -0.4 is 9.47 Å². The third-order valence-corrected chi connectivity index (χ3v) is 6.02. The van der Waals surface area contributed by atoms with Crippen LogP contribution in [0.2, 0.25) is 0 Å². The molecule has 180 valence electrons. The fraction of sp³-hybridized carbons (Fsp3) is 0.367. The molecule has 0 aliphatic rings. The average molecular weight is 461 g/mol. The van der Waals surface area contributed by atoms with Gasteiger partial charge in [0.25, 0.3) is 0 Å². The van der Waals surface area contributed by atoms with Crippen molar-refractivity contribution in [3.63, 3.8) is 0 Å². The Bertz CT molecular complexity index is 1020. The number of para-hydroxylation sites is 2. The summed E-state index contributed by atoms with van der Waals surface area (Å²) in [6.07, 6.45) is 5.47. The molecule has 0 aromatic heterocycles. The third kappa shape index (κ3) is 6.94. The van der Waals surface area contributed by atoms with Crippen LogP contribution in [0.15, 0.2) is 72.8 Å². The molecule has 3 rings (SSSR count). The maximum absolute atomic E-state index is 12.9. The van der Waals surface area contributed by atoms with Gasteiger partial charge in [0.05, 0.1) is 17.8 Å². The molecule has 0 N–H and O–H groups in total. The van der Waals surface area contributed by atoms with Crippen LogP contribution in [0.4, 0.5) is 0 Å². The summed E-state index contributed by atoms with van der Waals surface area (Å²) in [5.41, 5.74) is 3.75. The molecule has 0 radical (unpaired) electrons. The fourth-order valence-electron chi connectivity index (χ4n) is 3.87. The molecule has 0 fully saturated rings. The second-order valence-electron chi connectivity index (χ2n) is 8.58. The summed E-state index contributed by atoms with van der Waals surface area (Å²) in [6, 6.07) is 23.2. The lowest BCUT2D eigenvalue weighted by Gasteiger charge is -2.20. The van der Waals surface area contributed by atoms with E-state index < -0.39 is 5.97 Å². The average Bonchev–Trinajstić information content (AvgIpc) is 2.88. The first-order chi connectivity index (χ1) is 16.5. The van der Waals surface area contributed by atoms with E-state index in [1.807, 2.05) is 37.3 Å². The van der Waals surface area contributed by atoms with Gasteiger partial charge in [-0.3, -0.25) is 0 Å². The largest absolute Gasteiger partial charge is 0.487 e. The molecule has 0 aliphatic carbocycles. The summed E-state index contributed by atoms with van der Waals surface area (Å²) in [7, 11) is 1.71. The lowest BCUT2D eigenvalue weighted by molar-refractivity contribution is 0.0721. The highest BCUT2D eigenvalue weighted by atomic mass is 16.6. The highest BCUT2D eigenvalue weighted by Gasteiger charge is 2.16. The van der Waals surface area contributed by atoms with Gasteiger partial charge in [-0.1, -0.05) is 81.6 Å². The van der Waals surface area contributed by atoms with Crippen LogP contribution >= 0.6 is 0 Å². The van der Waals surface area contributed by atoms with Gasteiger partial charge < -0.3 is 14.2 Å². The van der Waals surface area contributed by atoms with Crippen molar-refractivity contribution in [2.24, 2.45) is 0 Å². The molecule has 0 spiro atoms. The summed E-state index contributed by atoms with van der Waals surface area (Å²) < 4.78 is 17.4. The third-order valence-electron chi connectivity index (χ3n) is 6.02. The molecule has 3 aromatic rings. The van der Waals surface area contributed by atoms with Gasteiger partial charge >= 0.3 is 5.97 Å². The molecule has 0 saturated carbocycles. The number of rotatable bonds is 12. The van der Waals surface area contributed by atoms with Crippen molar-refractivity contribution in [2.75, 3.05) is 7.11 Å². The first kappa shape index (κ1) is 25.5. The lowest BCUT2D eigenvalue weighted by atomic mass is 10.0. The van der Waals surface area contributed by atoms with E-state index in [4.69, 9.17) is 14.2 Å². The molecule has 3 aromatic carbocycles. The summed E-state index contributed by atoms with van der Waals surface area (Å²) in [6.45, 7) is 6.36. The van der Waals surface area contributed by atoms with E-state index in [-0.39, 0.29) is 12.2 Å². The predicted octanol–water partition coefficient (Wildman–Crippen LogP) is 8.02. The van der Waals surface area contributed by atoms with Crippen LogP contribution in [0.5, 0.6) is 11.5 Å². The minimum absolute atomic E-state index is 0.0574. The van der Waals surface area contributed by atoms with Crippen LogP contribution in [-0.4, -0.2) is 19.2 Å². The molecule has 0 saturated heterocycles. The molecular weight excluding hydrogens is 424 g/mol. The van der Waals surface area contributed by atoms with Gasteiger partial charge in [-0.25, -0.2) is 4.79 Å². The fourth-order valence-corrected chi connectivity index (χ4v) is 3.87. The van der Waals surface area contributed by atoms with Crippen molar-refractivity contribution in [2.45, 2.75) is 65.1 Å². The van der Waals surface area contributed by atoms with Gasteiger partial charge in [0.15, 0.2) is 11.5 Å². The Balaban J connectivity index is 1.69. The van der Waals surface area contributed by atoms with Gasteiger partial charge in [0.1, 0.15) is 0 Å². The lowest BCUT2D eigenvalue weighted by Crippen LogP contribution is -2.17. The highest BCUT2D eigenvalue weighted by Crippen LogP contribution is 2.30. The quantitative estimate of drug-likeness (QED) is 0.203. The minimum Gasteiger partial charge on any atom is -0.487 e. The number of benzene rings is 3. The zero-order chi connectivity index (χ0) is 24.3. The van der Waals surface area contributed by atoms with Crippen molar-refractivity contribution in [1.29, 1.82) is 0 Å². The second-order valence-corrected chi connectivity index (χ2v) is 8.58. The Morgan fingerprint density at radius 2 is 1.41 bits per heavy atom. The van der Waals surface area contributed by atoms with E-state index in [0.717, 1.165) is 48.8 Å². The molecule has 2 atom stereocenters. The van der Waals surface area contributed by atoms with Crippen LogP contribution in [0.1, 0.15) is 74.9 Å². The summed E-state index contributed by atoms with van der Waals surface area (Å²) in [4.78, 5) is 12.9. The van der Waals surface area contributed by atoms with Gasteiger partial charge in [-0.2, -0.15) is 0 Å². The standard InChI is InChI=1S/C30H36O4/c1-5-7-11-27(10-6-2)33-28-12-8-9-13-29(28)34-30(31)26-20-18-25(19-21-26)24-16-14-23(15-17-24)22(3)32-4/h8-9,12-22,27H,5-7,10-11H2,1-4H3. The Labute approximate surface area is 203 Å². The van der Waals surface area contributed by atoms with Gasteiger partial charge in [-0.15, -0.1) is 0 Å². The monoisotopic (exact) mass is 460 g/mol. The first-order valence-corrected chi connectivity index (χ1v) is 12.3. The normalized spacial score (nSPS) is 12.7. The molecule has 4 nitrogen and oxygen atoms in total. The SMILES string of the molecule is CCCCC(CCC)Oc1ccccc1OC(=O)c1ccc(-c2ccc(C(C)OC)cc2)cc1.